The highest BCUT2D eigenvalue weighted by Crippen LogP contribution is 2.27. The number of aryl methyl sites for hydroxylation is 1. The molecule has 3 amide bonds. The lowest BCUT2D eigenvalue weighted by Gasteiger charge is -2.18. The van der Waals surface area contributed by atoms with Gasteiger partial charge in [0.2, 0.25) is 0 Å². The largest absolute Gasteiger partial charge is 0.326 e. The predicted octanol–water partition coefficient (Wildman–Crippen LogP) is 4.15. The Morgan fingerprint density at radius 1 is 1.11 bits per heavy atom. The number of hydrogen-bond donors (Lipinski definition) is 1. The van der Waals surface area contributed by atoms with Gasteiger partial charge in [-0.05, 0) is 30.2 Å². The Balaban J connectivity index is 1.43. The Kier molecular flexibility index (Phi) is 5.08. The van der Waals surface area contributed by atoms with Gasteiger partial charge in [-0.25, -0.2) is 9.78 Å². The summed E-state index contributed by atoms with van der Waals surface area (Å²) in [4.78, 5) is 33.5. The standard InChI is InChI=1S/C21H20N4O2S/c1-15-7-5-6-8-16(15)14-24-11-12-25(21(24)27)20-22-13-18(28-20)19(26)23-17-9-3-2-4-10-17/h2-10,13H,11-12,14H2,1H3,(H,23,26). The summed E-state index contributed by atoms with van der Waals surface area (Å²) in [5, 5.41) is 3.39. The second-order valence-corrected chi connectivity index (χ2v) is 7.62. The molecule has 1 aromatic heterocycles. The molecule has 0 unspecified atom stereocenters. The van der Waals surface area contributed by atoms with Crippen molar-refractivity contribution in [2.24, 2.45) is 0 Å². The van der Waals surface area contributed by atoms with E-state index in [1.807, 2.05) is 66.4 Å². The number of carbonyl (C=O) groups is 2. The van der Waals surface area contributed by atoms with Crippen LogP contribution >= 0.6 is 11.3 Å². The number of thiazole rings is 1. The van der Waals surface area contributed by atoms with Crippen LogP contribution in [0.4, 0.5) is 15.6 Å². The van der Waals surface area contributed by atoms with E-state index in [1.165, 1.54) is 23.1 Å². The molecule has 0 saturated carbocycles. The number of amides is 3. The molecule has 0 bridgehead atoms. The fraction of sp³-hybridized carbons (Fsp3) is 0.190. The highest BCUT2D eigenvalue weighted by molar-refractivity contribution is 7.17. The van der Waals surface area contributed by atoms with Gasteiger partial charge in [0, 0.05) is 25.3 Å². The molecule has 0 aliphatic carbocycles. The summed E-state index contributed by atoms with van der Waals surface area (Å²) in [5.41, 5.74) is 3.03. The van der Waals surface area contributed by atoms with Crippen LogP contribution in [0, 0.1) is 6.92 Å². The van der Waals surface area contributed by atoms with Crippen molar-refractivity contribution in [3.8, 4) is 0 Å². The lowest BCUT2D eigenvalue weighted by molar-refractivity contribution is 0.103. The van der Waals surface area contributed by atoms with E-state index in [0.29, 0.717) is 29.6 Å². The van der Waals surface area contributed by atoms with Gasteiger partial charge in [-0.2, -0.15) is 0 Å². The minimum atomic E-state index is -0.224. The lowest BCUT2D eigenvalue weighted by atomic mass is 10.1. The Labute approximate surface area is 167 Å². The molecule has 4 rings (SSSR count). The summed E-state index contributed by atoms with van der Waals surface area (Å²) in [6.07, 6.45) is 1.52. The van der Waals surface area contributed by atoms with E-state index in [9.17, 15) is 9.59 Å². The van der Waals surface area contributed by atoms with E-state index in [1.54, 1.807) is 4.90 Å². The number of para-hydroxylation sites is 1. The van der Waals surface area contributed by atoms with Crippen molar-refractivity contribution >= 4 is 34.1 Å². The number of hydrogen-bond acceptors (Lipinski definition) is 4. The van der Waals surface area contributed by atoms with E-state index in [4.69, 9.17) is 0 Å². The first-order valence-electron chi connectivity index (χ1n) is 9.05. The van der Waals surface area contributed by atoms with Crippen LogP contribution in [0.25, 0.3) is 0 Å². The van der Waals surface area contributed by atoms with Crippen LogP contribution in [0.15, 0.2) is 60.8 Å². The summed E-state index contributed by atoms with van der Waals surface area (Å²) in [5.74, 6) is -0.224. The smallest absolute Gasteiger partial charge is 0.321 e. The van der Waals surface area contributed by atoms with Gasteiger partial charge in [-0.15, -0.1) is 0 Å². The second-order valence-electron chi connectivity index (χ2n) is 6.61. The van der Waals surface area contributed by atoms with Crippen LogP contribution in [0.5, 0.6) is 0 Å². The zero-order valence-corrected chi connectivity index (χ0v) is 16.3. The summed E-state index contributed by atoms with van der Waals surface area (Å²) in [7, 11) is 0. The molecule has 3 aromatic rings. The molecule has 1 fully saturated rings. The van der Waals surface area contributed by atoms with E-state index in [-0.39, 0.29) is 11.9 Å². The Hall–Kier alpha value is -3.19. The monoisotopic (exact) mass is 392 g/mol. The third-order valence-corrected chi connectivity index (χ3v) is 5.72. The highest BCUT2D eigenvalue weighted by atomic mass is 32.1. The maximum absolute atomic E-state index is 12.8. The van der Waals surface area contributed by atoms with Crippen molar-refractivity contribution in [2.75, 3.05) is 23.3 Å². The summed E-state index contributed by atoms with van der Waals surface area (Å²) < 4.78 is 0. The summed E-state index contributed by atoms with van der Waals surface area (Å²) >= 11 is 1.23. The summed E-state index contributed by atoms with van der Waals surface area (Å²) in [6, 6.07) is 17.3. The first kappa shape index (κ1) is 18.2. The number of benzene rings is 2. The van der Waals surface area contributed by atoms with E-state index >= 15 is 0 Å². The van der Waals surface area contributed by atoms with E-state index in [2.05, 4.69) is 10.3 Å². The molecular weight excluding hydrogens is 372 g/mol. The second kappa shape index (κ2) is 7.82. The minimum Gasteiger partial charge on any atom is -0.321 e. The minimum absolute atomic E-state index is 0.0763. The van der Waals surface area contributed by atoms with Gasteiger partial charge in [-0.1, -0.05) is 53.8 Å². The molecule has 2 heterocycles. The van der Waals surface area contributed by atoms with E-state index in [0.717, 1.165) is 11.3 Å². The quantitative estimate of drug-likeness (QED) is 0.709. The van der Waals surface area contributed by atoms with Crippen molar-refractivity contribution in [1.29, 1.82) is 0 Å². The fourth-order valence-corrected chi connectivity index (χ4v) is 3.94. The number of rotatable bonds is 5. The zero-order chi connectivity index (χ0) is 19.5. The molecule has 0 radical (unpaired) electrons. The van der Waals surface area contributed by atoms with Gasteiger partial charge in [0.1, 0.15) is 4.88 Å². The number of urea groups is 1. The molecule has 1 N–H and O–H groups in total. The van der Waals surface area contributed by atoms with Gasteiger partial charge in [-0.3, -0.25) is 9.69 Å². The van der Waals surface area contributed by atoms with Gasteiger partial charge >= 0.3 is 6.03 Å². The summed E-state index contributed by atoms with van der Waals surface area (Å²) in [6.45, 7) is 3.83. The molecule has 0 spiro atoms. The van der Waals surface area contributed by atoms with Crippen LogP contribution in [-0.2, 0) is 6.54 Å². The van der Waals surface area contributed by atoms with Crippen molar-refractivity contribution in [2.45, 2.75) is 13.5 Å². The molecule has 28 heavy (non-hydrogen) atoms. The van der Waals surface area contributed by atoms with Gasteiger partial charge in [0.15, 0.2) is 5.13 Å². The third kappa shape index (κ3) is 3.75. The molecule has 1 aliphatic rings. The molecule has 6 nitrogen and oxygen atoms in total. The van der Waals surface area contributed by atoms with Crippen LogP contribution in [0.2, 0.25) is 0 Å². The van der Waals surface area contributed by atoms with Gasteiger partial charge < -0.3 is 10.2 Å². The molecule has 7 heteroatoms. The van der Waals surface area contributed by atoms with Crippen LogP contribution in [0.1, 0.15) is 20.8 Å². The fourth-order valence-electron chi connectivity index (χ4n) is 3.11. The third-order valence-electron chi connectivity index (χ3n) is 4.70. The molecule has 0 atom stereocenters. The van der Waals surface area contributed by atoms with E-state index < -0.39 is 0 Å². The number of aromatic nitrogens is 1. The van der Waals surface area contributed by atoms with Gasteiger partial charge in [0.25, 0.3) is 5.91 Å². The predicted molar refractivity (Wildman–Crippen MR) is 111 cm³/mol. The number of anilines is 2. The van der Waals surface area contributed by atoms with Crippen LogP contribution in [0.3, 0.4) is 0 Å². The SMILES string of the molecule is Cc1ccccc1CN1CCN(c2ncc(C(=O)Nc3ccccc3)s2)C1=O. The number of carbonyl (C=O) groups excluding carboxylic acids is 2. The number of nitrogens with one attached hydrogen (secondary N) is 1. The first-order valence-corrected chi connectivity index (χ1v) is 9.86. The van der Waals surface area contributed by atoms with Crippen molar-refractivity contribution in [3.63, 3.8) is 0 Å². The molecule has 1 aliphatic heterocycles. The first-order chi connectivity index (χ1) is 13.6. The molecule has 1 saturated heterocycles. The normalized spacial score (nSPS) is 13.8. The maximum atomic E-state index is 12.8. The lowest BCUT2D eigenvalue weighted by Crippen LogP contribution is -2.31. The number of nitrogens with zero attached hydrogens (tertiary/aromatic N) is 3. The Morgan fingerprint density at radius 3 is 2.64 bits per heavy atom. The Morgan fingerprint density at radius 2 is 1.86 bits per heavy atom. The van der Waals surface area contributed by atoms with Crippen molar-refractivity contribution < 1.29 is 9.59 Å². The molecular formula is C21H20N4O2S. The highest BCUT2D eigenvalue weighted by Gasteiger charge is 2.32. The molecule has 2 aromatic carbocycles. The van der Waals surface area contributed by atoms with Crippen molar-refractivity contribution in [1.82, 2.24) is 9.88 Å². The average Bonchev–Trinajstić information content (AvgIpc) is 3.32. The average molecular weight is 392 g/mol. The van der Waals surface area contributed by atoms with Crippen LogP contribution < -0.4 is 10.2 Å². The van der Waals surface area contributed by atoms with Crippen molar-refractivity contribution in [3.05, 3.63) is 76.8 Å². The molecule has 142 valence electrons. The zero-order valence-electron chi connectivity index (χ0n) is 15.5. The maximum Gasteiger partial charge on any atom is 0.326 e. The van der Waals surface area contributed by atoms with Crippen LogP contribution in [-0.4, -0.2) is 34.9 Å². The van der Waals surface area contributed by atoms with Gasteiger partial charge in [0.05, 0.1) is 6.20 Å². The topological polar surface area (TPSA) is 65.5 Å². The Bertz CT molecular complexity index is 1000.